The van der Waals surface area contributed by atoms with Crippen LogP contribution < -0.4 is 10.6 Å². The van der Waals surface area contributed by atoms with Gasteiger partial charge in [-0.2, -0.15) is 18.3 Å². The molecule has 0 saturated carbocycles. The van der Waals surface area contributed by atoms with Crippen LogP contribution >= 0.6 is 0 Å². The number of aromatic nitrogens is 5. The van der Waals surface area contributed by atoms with Crippen LogP contribution in [0.25, 0.3) is 11.3 Å². The molecule has 1 aliphatic rings. The summed E-state index contributed by atoms with van der Waals surface area (Å²) in [5.41, 5.74) is 1.21. The van der Waals surface area contributed by atoms with Gasteiger partial charge in [-0.3, -0.25) is 4.68 Å². The first kappa shape index (κ1) is 21.3. The van der Waals surface area contributed by atoms with Gasteiger partial charge in [0.15, 0.2) is 5.69 Å². The zero-order valence-corrected chi connectivity index (χ0v) is 17.4. The van der Waals surface area contributed by atoms with Crippen molar-refractivity contribution in [2.45, 2.75) is 26.6 Å². The maximum atomic E-state index is 13.6. The fourth-order valence-electron chi connectivity index (χ4n) is 3.27. The fourth-order valence-corrected chi connectivity index (χ4v) is 3.27. The van der Waals surface area contributed by atoms with Gasteiger partial charge in [-0.15, -0.1) is 0 Å². The molecule has 2 N–H and O–H groups in total. The van der Waals surface area contributed by atoms with Gasteiger partial charge in [-0.1, -0.05) is 6.58 Å². The van der Waals surface area contributed by atoms with Gasteiger partial charge in [-0.25, -0.2) is 15.0 Å². The number of allylic oxidation sites excluding steroid dienone is 3. The van der Waals surface area contributed by atoms with Crippen LogP contribution in [0.4, 0.5) is 24.8 Å². The normalized spacial score (nSPS) is 14.0. The maximum Gasteiger partial charge on any atom is 0.435 e. The standard InChI is InChI=1S/C22H20F3N7/c1-4-32-12-17(21(31-32)22(23,24)25)18-10-16(9-13(2)28-18)15-5-7-27-20(11-15)30-19-6-8-26-14(3)29-19/h5-12,28H,2,4H2,1,3H3,(H,26,27,29,30). The summed E-state index contributed by atoms with van der Waals surface area (Å²) < 4.78 is 42.0. The highest BCUT2D eigenvalue weighted by atomic mass is 19.4. The van der Waals surface area contributed by atoms with Crippen LogP contribution in [0.15, 0.2) is 61.2 Å². The molecule has 1 aliphatic heterocycles. The molecular formula is C22H20F3N7. The van der Waals surface area contributed by atoms with Gasteiger partial charge in [0.05, 0.1) is 5.70 Å². The molecule has 3 aromatic heterocycles. The highest BCUT2D eigenvalue weighted by molar-refractivity contribution is 5.88. The van der Waals surface area contributed by atoms with E-state index in [1.54, 1.807) is 56.6 Å². The van der Waals surface area contributed by atoms with E-state index in [9.17, 15) is 13.2 Å². The van der Waals surface area contributed by atoms with Crippen LogP contribution in [0.5, 0.6) is 0 Å². The summed E-state index contributed by atoms with van der Waals surface area (Å²) in [5, 5.41) is 9.74. The molecule has 7 nitrogen and oxygen atoms in total. The second-order valence-corrected chi connectivity index (χ2v) is 7.10. The van der Waals surface area contributed by atoms with Crippen molar-refractivity contribution in [3.63, 3.8) is 0 Å². The SMILES string of the molecule is C=C1C=C(c2ccnc(Nc3ccnc(C)n3)c2)C=C(c2cn(CC)nc2C(F)(F)F)N1. The van der Waals surface area contributed by atoms with Crippen molar-refractivity contribution in [3.05, 3.63) is 83.9 Å². The Balaban J connectivity index is 1.70. The van der Waals surface area contributed by atoms with E-state index in [0.717, 1.165) is 5.56 Å². The minimum atomic E-state index is -4.58. The number of hydrogen-bond donors (Lipinski definition) is 2. The largest absolute Gasteiger partial charge is 0.435 e. The Kier molecular flexibility index (Phi) is 5.52. The third kappa shape index (κ3) is 4.53. The number of dihydropyridines is 1. The van der Waals surface area contributed by atoms with E-state index >= 15 is 0 Å². The lowest BCUT2D eigenvalue weighted by Gasteiger charge is -2.19. The van der Waals surface area contributed by atoms with Crippen LogP contribution in [-0.2, 0) is 12.7 Å². The lowest BCUT2D eigenvalue weighted by atomic mass is 9.99. The number of hydrogen-bond acceptors (Lipinski definition) is 6. The molecule has 32 heavy (non-hydrogen) atoms. The van der Waals surface area contributed by atoms with E-state index in [0.29, 0.717) is 35.3 Å². The molecule has 0 bridgehead atoms. The Labute approximate surface area is 182 Å². The van der Waals surface area contributed by atoms with E-state index in [-0.39, 0.29) is 11.3 Å². The molecule has 0 saturated heterocycles. The van der Waals surface area contributed by atoms with E-state index < -0.39 is 11.9 Å². The number of alkyl halides is 3. The van der Waals surface area contributed by atoms with Crippen LogP contribution in [-0.4, -0.2) is 24.7 Å². The lowest BCUT2D eigenvalue weighted by Crippen LogP contribution is -2.17. The number of nitrogens with one attached hydrogen (secondary N) is 2. The Bertz CT molecular complexity index is 1240. The summed E-state index contributed by atoms with van der Waals surface area (Å²) in [7, 11) is 0. The Morgan fingerprint density at radius 2 is 1.91 bits per heavy atom. The van der Waals surface area contributed by atoms with Gasteiger partial charge in [-0.05, 0) is 55.3 Å². The molecule has 0 atom stereocenters. The molecule has 164 valence electrons. The topological polar surface area (TPSA) is 80.6 Å². The molecule has 0 radical (unpaired) electrons. The van der Waals surface area contributed by atoms with Gasteiger partial charge in [0.25, 0.3) is 0 Å². The molecule has 10 heteroatoms. The fraction of sp³-hybridized carbons (Fsp3) is 0.182. The monoisotopic (exact) mass is 439 g/mol. The molecule has 0 unspecified atom stereocenters. The van der Waals surface area contributed by atoms with Gasteiger partial charge in [0.1, 0.15) is 17.5 Å². The molecule has 0 fully saturated rings. The van der Waals surface area contributed by atoms with Crippen molar-refractivity contribution in [2.24, 2.45) is 0 Å². The summed E-state index contributed by atoms with van der Waals surface area (Å²) in [6.45, 7) is 7.73. The molecule has 0 aliphatic carbocycles. The molecule has 4 heterocycles. The van der Waals surface area contributed by atoms with Gasteiger partial charge >= 0.3 is 6.18 Å². The van der Waals surface area contributed by atoms with Crippen molar-refractivity contribution in [2.75, 3.05) is 5.32 Å². The van der Waals surface area contributed by atoms with Gasteiger partial charge in [0.2, 0.25) is 0 Å². The smallest absolute Gasteiger partial charge is 0.355 e. The van der Waals surface area contributed by atoms with Crippen LogP contribution in [0, 0.1) is 6.92 Å². The van der Waals surface area contributed by atoms with Gasteiger partial charge in [0, 0.05) is 36.4 Å². The first-order chi connectivity index (χ1) is 15.2. The lowest BCUT2D eigenvalue weighted by molar-refractivity contribution is -0.141. The van der Waals surface area contributed by atoms with Crippen molar-refractivity contribution in [1.29, 1.82) is 0 Å². The maximum absolute atomic E-state index is 13.6. The van der Waals surface area contributed by atoms with E-state index in [1.807, 2.05) is 0 Å². The summed E-state index contributed by atoms with van der Waals surface area (Å²) in [5.74, 6) is 1.74. The predicted molar refractivity (Wildman–Crippen MR) is 115 cm³/mol. The average molecular weight is 439 g/mol. The second-order valence-electron chi connectivity index (χ2n) is 7.10. The van der Waals surface area contributed by atoms with E-state index in [4.69, 9.17) is 0 Å². The summed E-state index contributed by atoms with van der Waals surface area (Å²) in [6.07, 6.45) is 3.46. The number of rotatable bonds is 5. The van der Waals surface area contributed by atoms with E-state index in [2.05, 4.69) is 37.3 Å². The number of nitrogens with zero attached hydrogens (tertiary/aromatic N) is 5. The minimum absolute atomic E-state index is 0.0324. The zero-order valence-electron chi connectivity index (χ0n) is 17.4. The minimum Gasteiger partial charge on any atom is -0.355 e. The van der Waals surface area contributed by atoms with Crippen molar-refractivity contribution < 1.29 is 13.2 Å². The number of halogens is 3. The van der Waals surface area contributed by atoms with Crippen molar-refractivity contribution >= 4 is 22.9 Å². The first-order valence-corrected chi connectivity index (χ1v) is 9.80. The summed E-state index contributed by atoms with van der Waals surface area (Å²) in [4.78, 5) is 12.6. The Hall–Kier alpha value is -3.95. The predicted octanol–water partition coefficient (Wildman–Crippen LogP) is 4.70. The molecule has 0 amide bonds. The molecular weight excluding hydrogens is 419 g/mol. The van der Waals surface area contributed by atoms with Crippen molar-refractivity contribution in [1.82, 2.24) is 30.0 Å². The van der Waals surface area contributed by atoms with Crippen LogP contribution in [0.3, 0.4) is 0 Å². The number of pyridine rings is 1. The molecule has 0 aromatic carbocycles. The summed E-state index contributed by atoms with van der Waals surface area (Å²) in [6, 6.07) is 5.28. The number of aryl methyl sites for hydroxylation is 2. The molecule has 0 spiro atoms. The molecule has 3 aromatic rings. The average Bonchev–Trinajstić information content (AvgIpc) is 3.19. The van der Waals surface area contributed by atoms with E-state index in [1.165, 1.54) is 10.9 Å². The van der Waals surface area contributed by atoms with Gasteiger partial charge < -0.3 is 10.6 Å². The zero-order chi connectivity index (χ0) is 22.9. The third-order valence-corrected chi connectivity index (χ3v) is 4.69. The number of anilines is 2. The molecule has 4 rings (SSSR count). The Morgan fingerprint density at radius 3 is 2.62 bits per heavy atom. The third-order valence-electron chi connectivity index (χ3n) is 4.69. The quantitative estimate of drug-likeness (QED) is 0.600. The van der Waals surface area contributed by atoms with Crippen LogP contribution in [0.1, 0.15) is 29.6 Å². The highest BCUT2D eigenvalue weighted by Crippen LogP contribution is 2.36. The summed E-state index contributed by atoms with van der Waals surface area (Å²) >= 11 is 0. The second kappa shape index (κ2) is 8.29. The van der Waals surface area contributed by atoms with Crippen molar-refractivity contribution in [3.8, 4) is 0 Å². The first-order valence-electron chi connectivity index (χ1n) is 9.80. The van der Waals surface area contributed by atoms with Crippen LogP contribution in [0.2, 0.25) is 0 Å². The Morgan fingerprint density at radius 1 is 1.12 bits per heavy atom. The highest BCUT2D eigenvalue weighted by Gasteiger charge is 2.38.